The fourth-order valence-electron chi connectivity index (χ4n) is 5.71. The first kappa shape index (κ1) is 26.0. The molecule has 2 aromatic carbocycles. The van der Waals surface area contributed by atoms with Crippen molar-refractivity contribution in [1.29, 1.82) is 0 Å². The maximum Gasteiger partial charge on any atom is 0.166 e. The summed E-state index contributed by atoms with van der Waals surface area (Å²) in [6.45, 7) is 2.96. The van der Waals surface area contributed by atoms with Gasteiger partial charge in [0.05, 0.1) is 12.7 Å². The first-order chi connectivity index (χ1) is 17.0. The molecular formula is C30H37F3O2. The molecule has 0 heterocycles. The molecular weight excluding hydrogens is 449 g/mol. The van der Waals surface area contributed by atoms with E-state index in [-0.39, 0.29) is 29.7 Å². The largest absolute Gasteiger partial charge is 0.381 e. The summed E-state index contributed by atoms with van der Waals surface area (Å²) in [5, 5.41) is 0. The summed E-state index contributed by atoms with van der Waals surface area (Å²) in [4.78, 5) is 0. The Bertz CT molecular complexity index is 1000. The molecule has 2 saturated carbocycles. The summed E-state index contributed by atoms with van der Waals surface area (Å²) < 4.78 is 55.2. The number of allylic oxidation sites excluding steroid dienone is 1. The molecule has 2 aliphatic rings. The molecule has 0 aromatic heterocycles. The van der Waals surface area contributed by atoms with E-state index < -0.39 is 11.6 Å². The van der Waals surface area contributed by atoms with Crippen LogP contribution in [0.1, 0.15) is 92.4 Å². The Morgan fingerprint density at radius 1 is 0.829 bits per heavy atom. The number of methoxy groups -OCH3 is 1. The van der Waals surface area contributed by atoms with Crippen LogP contribution in [0, 0.1) is 23.4 Å². The zero-order valence-electron chi connectivity index (χ0n) is 20.9. The lowest BCUT2D eigenvalue weighted by atomic mass is 9.78. The van der Waals surface area contributed by atoms with Gasteiger partial charge in [-0.2, -0.15) is 0 Å². The standard InChI is InChI=1S/C30H37F3O2/c1-3-35-19-21-7-16-26(28(31)18-21)22-8-4-20(5-9-22)6-10-24-13-17-27(30(33)29(24)32)23-11-14-25(34-2)15-12-23/h6-7,10,13,16-18,20,22-23,25H,3-5,8-9,11-12,14-15,19H2,1-2H3/b10-6+. The summed E-state index contributed by atoms with van der Waals surface area (Å²) in [7, 11) is 1.71. The Kier molecular flexibility index (Phi) is 9.07. The van der Waals surface area contributed by atoms with Crippen molar-refractivity contribution in [3.63, 3.8) is 0 Å². The van der Waals surface area contributed by atoms with Crippen molar-refractivity contribution in [2.75, 3.05) is 13.7 Å². The Balaban J connectivity index is 1.34. The molecule has 0 bridgehead atoms. The zero-order chi connectivity index (χ0) is 24.8. The minimum atomic E-state index is -0.754. The van der Waals surface area contributed by atoms with Crippen LogP contribution in [0.2, 0.25) is 0 Å². The molecule has 0 N–H and O–H groups in total. The summed E-state index contributed by atoms with van der Waals surface area (Å²) >= 11 is 0. The topological polar surface area (TPSA) is 18.5 Å². The first-order valence-electron chi connectivity index (χ1n) is 13.0. The van der Waals surface area contributed by atoms with Gasteiger partial charge in [-0.3, -0.25) is 0 Å². The highest BCUT2D eigenvalue weighted by molar-refractivity contribution is 5.52. The highest BCUT2D eigenvalue weighted by Gasteiger charge is 2.26. The highest BCUT2D eigenvalue weighted by atomic mass is 19.2. The Morgan fingerprint density at radius 3 is 2.14 bits per heavy atom. The van der Waals surface area contributed by atoms with Gasteiger partial charge in [0.15, 0.2) is 11.6 Å². The molecule has 4 rings (SSSR count). The fraction of sp³-hybridized carbons (Fsp3) is 0.533. The summed E-state index contributed by atoms with van der Waals surface area (Å²) in [5.74, 6) is -1.08. The van der Waals surface area contributed by atoms with Crippen LogP contribution in [0.15, 0.2) is 36.4 Å². The number of hydrogen-bond donors (Lipinski definition) is 0. The monoisotopic (exact) mass is 486 g/mol. The minimum Gasteiger partial charge on any atom is -0.381 e. The molecule has 2 aromatic rings. The third kappa shape index (κ3) is 6.37. The van der Waals surface area contributed by atoms with Gasteiger partial charge in [-0.15, -0.1) is 0 Å². The lowest BCUT2D eigenvalue weighted by Gasteiger charge is -2.28. The van der Waals surface area contributed by atoms with Crippen molar-refractivity contribution in [3.8, 4) is 0 Å². The number of halogens is 3. The van der Waals surface area contributed by atoms with E-state index in [1.54, 1.807) is 31.4 Å². The van der Waals surface area contributed by atoms with Crippen molar-refractivity contribution in [1.82, 2.24) is 0 Å². The number of benzene rings is 2. The van der Waals surface area contributed by atoms with Gasteiger partial charge >= 0.3 is 0 Å². The maximum absolute atomic E-state index is 14.9. The Hall–Kier alpha value is -2.11. The normalized spacial score (nSPS) is 25.3. The summed E-state index contributed by atoms with van der Waals surface area (Å²) in [6, 6.07) is 8.89. The second-order valence-electron chi connectivity index (χ2n) is 10.0. The van der Waals surface area contributed by atoms with Gasteiger partial charge in [-0.1, -0.05) is 36.4 Å². The van der Waals surface area contributed by atoms with Gasteiger partial charge < -0.3 is 9.47 Å². The number of ether oxygens (including phenoxy) is 2. The molecule has 0 amide bonds. The van der Waals surface area contributed by atoms with Gasteiger partial charge in [-0.25, -0.2) is 13.2 Å². The van der Waals surface area contributed by atoms with E-state index >= 15 is 0 Å². The second kappa shape index (κ2) is 12.2. The van der Waals surface area contributed by atoms with Crippen LogP contribution in [0.25, 0.3) is 6.08 Å². The van der Waals surface area contributed by atoms with E-state index in [2.05, 4.69) is 0 Å². The lowest BCUT2D eigenvalue weighted by molar-refractivity contribution is 0.0655. The van der Waals surface area contributed by atoms with Crippen LogP contribution < -0.4 is 0 Å². The maximum atomic E-state index is 14.9. The minimum absolute atomic E-state index is 0.0536. The van der Waals surface area contributed by atoms with Crippen LogP contribution >= 0.6 is 0 Å². The molecule has 35 heavy (non-hydrogen) atoms. The predicted molar refractivity (Wildman–Crippen MR) is 134 cm³/mol. The quantitative estimate of drug-likeness (QED) is 0.374. The van der Waals surface area contributed by atoms with Crippen LogP contribution in [0.5, 0.6) is 0 Å². The number of hydrogen-bond acceptors (Lipinski definition) is 2. The van der Waals surface area contributed by atoms with Crippen LogP contribution in [0.4, 0.5) is 13.2 Å². The average Bonchev–Trinajstić information content (AvgIpc) is 2.89. The van der Waals surface area contributed by atoms with Crippen LogP contribution in [0.3, 0.4) is 0 Å². The fourth-order valence-corrected chi connectivity index (χ4v) is 5.71. The molecule has 0 spiro atoms. The molecule has 190 valence electrons. The predicted octanol–water partition coefficient (Wildman–Crippen LogP) is 8.30. The van der Waals surface area contributed by atoms with Crippen molar-refractivity contribution in [2.24, 2.45) is 5.92 Å². The Morgan fingerprint density at radius 2 is 1.49 bits per heavy atom. The average molecular weight is 487 g/mol. The first-order valence-corrected chi connectivity index (χ1v) is 13.0. The smallest absolute Gasteiger partial charge is 0.166 e. The van der Waals surface area contributed by atoms with E-state index in [0.717, 1.165) is 62.5 Å². The zero-order valence-corrected chi connectivity index (χ0v) is 20.9. The molecule has 5 heteroatoms. The summed E-state index contributed by atoms with van der Waals surface area (Å²) in [6.07, 6.45) is 10.9. The van der Waals surface area contributed by atoms with E-state index in [0.29, 0.717) is 24.3 Å². The second-order valence-corrected chi connectivity index (χ2v) is 10.0. The molecule has 0 aliphatic heterocycles. The van der Waals surface area contributed by atoms with Crippen LogP contribution in [-0.2, 0) is 16.1 Å². The van der Waals surface area contributed by atoms with Crippen molar-refractivity contribution < 1.29 is 22.6 Å². The van der Waals surface area contributed by atoms with E-state index in [9.17, 15) is 13.2 Å². The van der Waals surface area contributed by atoms with Gasteiger partial charge in [0.1, 0.15) is 5.82 Å². The van der Waals surface area contributed by atoms with Crippen LogP contribution in [-0.4, -0.2) is 19.8 Å². The van der Waals surface area contributed by atoms with Crippen molar-refractivity contribution in [2.45, 2.75) is 82.8 Å². The molecule has 2 aliphatic carbocycles. The summed E-state index contributed by atoms with van der Waals surface area (Å²) in [5.41, 5.74) is 2.42. The molecule has 2 nitrogen and oxygen atoms in total. The van der Waals surface area contributed by atoms with Gasteiger partial charge in [0, 0.05) is 19.3 Å². The van der Waals surface area contributed by atoms with Gasteiger partial charge in [0.2, 0.25) is 0 Å². The van der Waals surface area contributed by atoms with Gasteiger partial charge in [-0.05, 0) is 98.8 Å². The van der Waals surface area contributed by atoms with E-state index in [1.807, 2.05) is 25.1 Å². The van der Waals surface area contributed by atoms with E-state index in [4.69, 9.17) is 9.47 Å². The van der Waals surface area contributed by atoms with Crippen molar-refractivity contribution >= 4 is 6.08 Å². The molecule has 0 atom stereocenters. The molecule has 0 unspecified atom stereocenters. The number of rotatable bonds is 8. The highest BCUT2D eigenvalue weighted by Crippen LogP contribution is 2.39. The third-order valence-corrected chi connectivity index (χ3v) is 7.89. The Labute approximate surface area is 207 Å². The van der Waals surface area contributed by atoms with Crippen molar-refractivity contribution in [3.05, 3.63) is 76.1 Å². The molecule has 0 saturated heterocycles. The lowest BCUT2D eigenvalue weighted by Crippen LogP contribution is -2.20. The molecule has 0 radical (unpaired) electrons. The van der Waals surface area contributed by atoms with E-state index in [1.165, 1.54) is 0 Å². The third-order valence-electron chi connectivity index (χ3n) is 7.89. The molecule has 2 fully saturated rings. The van der Waals surface area contributed by atoms with Gasteiger partial charge in [0.25, 0.3) is 0 Å². The SMILES string of the molecule is CCOCc1ccc(C2CCC(/C=C/c3ccc(C4CCC(OC)CC4)c(F)c3F)CC2)c(F)c1.